The Labute approximate surface area is 119 Å². The number of fused-ring (bicyclic) bond motifs is 1. The first kappa shape index (κ1) is 13.0. The molecule has 2 aromatic heterocycles. The van der Waals surface area contributed by atoms with Gasteiger partial charge in [-0.25, -0.2) is 0 Å². The van der Waals surface area contributed by atoms with Gasteiger partial charge in [0.2, 0.25) is 5.76 Å². The lowest BCUT2D eigenvalue weighted by molar-refractivity contribution is -0.386. The third-order valence-corrected chi connectivity index (χ3v) is 3.15. The molecule has 0 amide bonds. The number of aromatic nitrogens is 2. The fraction of sp³-hybridized carbons (Fsp3) is 0.0667. The second-order valence-corrected chi connectivity index (χ2v) is 4.52. The average molecular weight is 281 g/mol. The summed E-state index contributed by atoms with van der Waals surface area (Å²) < 4.78 is 4.99. The van der Waals surface area contributed by atoms with Crippen LogP contribution in [0.1, 0.15) is 17.0 Å². The molecule has 0 atom stereocenters. The zero-order valence-corrected chi connectivity index (χ0v) is 11.2. The molecular weight excluding hydrogens is 270 g/mol. The number of benzene rings is 1. The molecule has 6 heteroatoms. The zero-order valence-electron chi connectivity index (χ0n) is 11.2. The van der Waals surface area contributed by atoms with E-state index < -0.39 is 4.92 Å². The Morgan fingerprint density at radius 3 is 2.86 bits per heavy atom. The number of pyridine rings is 1. The van der Waals surface area contributed by atoms with E-state index in [4.69, 9.17) is 4.52 Å². The molecule has 0 unspecified atom stereocenters. The van der Waals surface area contributed by atoms with Crippen LogP contribution in [0.5, 0.6) is 0 Å². The fourth-order valence-corrected chi connectivity index (χ4v) is 2.15. The molecule has 3 aromatic rings. The molecule has 104 valence electrons. The van der Waals surface area contributed by atoms with Crippen molar-refractivity contribution in [2.24, 2.45) is 0 Å². The Balaban J connectivity index is 2.05. The molecule has 0 radical (unpaired) electrons. The van der Waals surface area contributed by atoms with Crippen molar-refractivity contribution in [3.05, 3.63) is 63.8 Å². The van der Waals surface area contributed by atoms with Crippen molar-refractivity contribution in [2.45, 2.75) is 6.92 Å². The van der Waals surface area contributed by atoms with Gasteiger partial charge in [-0.15, -0.1) is 0 Å². The van der Waals surface area contributed by atoms with E-state index in [1.807, 2.05) is 24.3 Å². The van der Waals surface area contributed by atoms with Crippen molar-refractivity contribution in [2.75, 3.05) is 0 Å². The van der Waals surface area contributed by atoms with E-state index in [0.29, 0.717) is 0 Å². The molecule has 0 aliphatic rings. The Morgan fingerprint density at radius 2 is 2.05 bits per heavy atom. The molecule has 0 aliphatic carbocycles. The minimum absolute atomic E-state index is 0.112. The Bertz CT molecular complexity index is 847. The van der Waals surface area contributed by atoms with Gasteiger partial charge in [0.25, 0.3) is 0 Å². The van der Waals surface area contributed by atoms with Crippen LogP contribution in [0.3, 0.4) is 0 Å². The van der Waals surface area contributed by atoms with E-state index in [2.05, 4.69) is 10.1 Å². The van der Waals surface area contributed by atoms with Gasteiger partial charge < -0.3 is 4.52 Å². The van der Waals surface area contributed by atoms with Crippen LogP contribution in [-0.2, 0) is 0 Å². The Morgan fingerprint density at radius 1 is 1.24 bits per heavy atom. The molecule has 2 heterocycles. The molecule has 0 spiro atoms. The summed E-state index contributed by atoms with van der Waals surface area (Å²) in [5.41, 5.74) is 1.01. The second kappa shape index (κ2) is 5.16. The number of rotatable bonds is 3. The van der Waals surface area contributed by atoms with Crippen molar-refractivity contribution in [1.82, 2.24) is 10.1 Å². The standard InChI is InChI=1S/C15H11N3O3/c1-10-15(18(19)20)14(21-17-10)7-6-12-9-16-8-11-4-2-3-5-13(11)12/h2-9H,1H3/b7-6+. The first-order valence-corrected chi connectivity index (χ1v) is 6.28. The summed E-state index contributed by atoms with van der Waals surface area (Å²) in [6.45, 7) is 1.54. The molecule has 21 heavy (non-hydrogen) atoms. The summed E-state index contributed by atoms with van der Waals surface area (Å²) in [4.78, 5) is 14.7. The van der Waals surface area contributed by atoms with Crippen LogP contribution in [0.2, 0.25) is 0 Å². The Kier molecular flexibility index (Phi) is 3.19. The summed E-state index contributed by atoms with van der Waals surface area (Å²) >= 11 is 0. The van der Waals surface area contributed by atoms with E-state index in [1.54, 1.807) is 31.5 Å². The van der Waals surface area contributed by atoms with Gasteiger partial charge >= 0.3 is 5.69 Å². The summed E-state index contributed by atoms with van der Waals surface area (Å²) in [5, 5.41) is 16.6. The highest BCUT2D eigenvalue weighted by Crippen LogP contribution is 2.25. The van der Waals surface area contributed by atoms with E-state index in [1.165, 1.54) is 0 Å². The lowest BCUT2D eigenvalue weighted by Gasteiger charge is -2.00. The van der Waals surface area contributed by atoms with Gasteiger partial charge in [0.1, 0.15) is 0 Å². The smallest absolute Gasteiger partial charge is 0.338 e. The van der Waals surface area contributed by atoms with E-state index in [9.17, 15) is 10.1 Å². The highest BCUT2D eigenvalue weighted by molar-refractivity contribution is 5.92. The molecule has 6 nitrogen and oxygen atoms in total. The molecule has 0 aliphatic heterocycles. The topological polar surface area (TPSA) is 82.1 Å². The third-order valence-electron chi connectivity index (χ3n) is 3.15. The van der Waals surface area contributed by atoms with E-state index >= 15 is 0 Å². The minimum atomic E-state index is -0.493. The minimum Gasteiger partial charge on any atom is -0.349 e. The lowest BCUT2D eigenvalue weighted by Crippen LogP contribution is -1.90. The normalized spacial score (nSPS) is 11.3. The summed E-state index contributed by atoms with van der Waals surface area (Å²) in [6.07, 6.45) is 6.76. The highest BCUT2D eigenvalue weighted by atomic mass is 16.6. The number of aryl methyl sites for hydroxylation is 1. The Hall–Kier alpha value is -3.02. The van der Waals surface area contributed by atoms with Gasteiger partial charge in [0.15, 0.2) is 5.69 Å². The van der Waals surface area contributed by atoms with Crippen LogP contribution in [0.25, 0.3) is 22.9 Å². The van der Waals surface area contributed by atoms with Crippen LogP contribution < -0.4 is 0 Å². The SMILES string of the molecule is Cc1noc(/C=C/c2cncc3ccccc23)c1[N+](=O)[O-]. The maximum absolute atomic E-state index is 11.0. The van der Waals surface area contributed by atoms with Gasteiger partial charge in [-0.2, -0.15) is 0 Å². The van der Waals surface area contributed by atoms with Crippen LogP contribution in [0, 0.1) is 17.0 Å². The number of nitro groups is 1. The molecule has 0 fully saturated rings. The predicted molar refractivity (Wildman–Crippen MR) is 78.6 cm³/mol. The van der Waals surface area contributed by atoms with Crippen molar-refractivity contribution in [3.63, 3.8) is 0 Å². The summed E-state index contributed by atoms with van der Waals surface area (Å²) in [6, 6.07) is 7.79. The van der Waals surface area contributed by atoms with Crippen molar-refractivity contribution in [1.29, 1.82) is 0 Å². The first-order valence-electron chi connectivity index (χ1n) is 6.28. The maximum atomic E-state index is 11.0. The maximum Gasteiger partial charge on any atom is 0.338 e. The molecule has 3 rings (SSSR count). The molecule has 1 aromatic carbocycles. The van der Waals surface area contributed by atoms with Crippen LogP contribution in [-0.4, -0.2) is 15.1 Å². The molecule has 0 saturated heterocycles. The van der Waals surface area contributed by atoms with Gasteiger partial charge in [-0.3, -0.25) is 15.1 Å². The van der Waals surface area contributed by atoms with Crippen molar-refractivity contribution < 1.29 is 9.45 Å². The van der Waals surface area contributed by atoms with E-state index in [0.717, 1.165) is 16.3 Å². The largest absolute Gasteiger partial charge is 0.349 e. The summed E-state index contributed by atoms with van der Waals surface area (Å²) in [7, 11) is 0. The molecule has 0 saturated carbocycles. The monoisotopic (exact) mass is 281 g/mol. The lowest BCUT2D eigenvalue weighted by atomic mass is 10.1. The quantitative estimate of drug-likeness (QED) is 0.541. The predicted octanol–water partition coefficient (Wildman–Crippen LogP) is 3.61. The van der Waals surface area contributed by atoms with Crippen LogP contribution >= 0.6 is 0 Å². The first-order chi connectivity index (χ1) is 10.2. The van der Waals surface area contributed by atoms with Crippen molar-refractivity contribution >= 4 is 28.6 Å². The van der Waals surface area contributed by atoms with Crippen LogP contribution in [0.4, 0.5) is 5.69 Å². The molecule has 0 bridgehead atoms. The fourth-order valence-electron chi connectivity index (χ4n) is 2.15. The molecular formula is C15H11N3O3. The summed E-state index contributed by atoms with van der Waals surface area (Å²) in [5.74, 6) is 0.130. The van der Waals surface area contributed by atoms with Gasteiger partial charge in [-0.1, -0.05) is 29.4 Å². The second-order valence-electron chi connectivity index (χ2n) is 4.52. The molecule has 0 N–H and O–H groups in total. The average Bonchev–Trinajstić information content (AvgIpc) is 2.86. The highest BCUT2D eigenvalue weighted by Gasteiger charge is 2.21. The van der Waals surface area contributed by atoms with Gasteiger partial charge in [0.05, 0.1) is 4.92 Å². The van der Waals surface area contributed by atoms with Crippen molar-refractivity contribution in [3.8, 4) is 0 Å². The number of nitrogens with zero attached hydrogens (tertiary/aromatic N) is 3. The van der Waals surface area contributed by atoms with Gasteiger partial charge in [-0.05, 0) is 24.5 Å². The van der Waals surface area contributed by atoms with E-state index in [-0.39, 0.29) is 17.1 Å². The van der Waals surface area contributed by atoms with Crippen LogP contribution in [0.15, 0.2) is 41.2 Å². The van der Waals surface area contributed by atoms with Gasteiger partial charge in [0, 0.05) is 23.3 Å². The zero-order chi connectivity index (χ0) is 14.8. The number of hydrogen-bond donors (Lipinski definition) is 0. The third kappa shape index (κ3) is 2.38. The number of hydrogen-bond acceptors (Lipinski definition) is 5.